The van der Waals surface area contributed by atoms with E-state index >= 15 is 0 Å². The summed E-state index contributed by atoms with van der Waals surface area (Å²) in [5.74, 6) is -0.441. The largest absolute Gasteiger partial charge is 0.484 e. The normalized spacial score (nSPS) is 15.0. The van der Waals surface area contributed by atoms with Crippen molar-refractivity contribution in [1.82, 2.24) is 10.7 Å². The highest BCUT2D eigenvalue weighted by atomic mass is 35.5. The molecule has 0 radical (unpaired) electrons. The lowest BCUT2D eigenvalue weighted by Gasteiger charge is -2.24. The van der Waals surface area contributed by atoms with E-state index < -0.39 is 22.5 Å². The van der Waals surface area contributed by atoms with Crippen molar-refractivity contribution in [1.29, 1.82) is 0 Å². The van der Waals surface area contributed by atoms with Gasteiger partial charge in [0.1, 0.15) is 12.3 Å². The molecule has 10 nitrogen and oxygen atoms in total. The van der Waals surface area contributed by atoms with E-state index in [0.717, 1.165) is 23.8 Å². The van der Waals surface area contributed by atoms with Crippen molar-refractivity contribution < 1.29 is 27.5 Å². The number of benzene rings is 3. The SMILES string of the molecule is O=C(COc1ccc(/C=N\NC(=O)CN(c2cc(Cl)cc(Cl)c2)S(=O)(=O)c2ccccc2)cc1)NC[C@@H]1CCCO1. The number of carbonyl (C=O) groups is 2. The third kappa shape index (κ3) is 8.92. The van der Waals surface area contributed by atoms with Gasteiger partial charge in [0.25, 0.3) is 21.8 Å². The van der Waals surface area contributed by atoms with Crippen molar-refractivity contribution in [3.05, 3.63) is 88.4 Å². The van der Waals surface area contributed by atoms with Crippen molar-refractivity contribution in [3.63, 3.8) is 0 Å². The fourth-order valence-electron chi connectivity index (χ4n) is 3.95. The molecule has 1 fully saturated rings. The summed E-state index contributed by atoms with van der Waals surface area (Å²) < 4.78 is 38.7. The summed E-state index contributed by atoms with van der Waals surface area (Å²) in [6.07, 6.45) is 3.39. The van der Waals surface area contributed by atoms with E-state index in [-0.39, 0.29) is 39.2 Å². The molecule has 4 rings (SSSR count). The molecule has 41 heavy (non-hydrogen) atoms. The van der Waals surface area contributed by atoms with E-state index in [1.54, 1.807) is 42.5 Å². The zero-order chi connectivity index (χ0) is 29.2. The average Bonchev–Trinajstić information content (AvgIpc) is 3.48. The summed E-state index contributed by atoms with van der Waals surface area (Å²) in [6, 6.07) is 18.7. The Labute approximate surface area is 248 Å². The summed E-state index contributed by atoms with van der Waals surface area (Å²) in [7, 11) is -4.13. The number of ether oxygens (including phenoxy) is 2. The number of amides is 2. The Morgan fingerprint density at radius 1 is 1.02 bits per heavy atom. The minimum atomic E-state index is -4.13. The lowest BCUT2D eigenvalue weighted by molar-refractivity contribution is -0.123. The third-order valence-corrected chi connectivity index (χ3v) is 8.18. The van der Waals surface area contributed by atoms with Crippen molar-refractivity contribution >= 4 is 56.9 Å². The first-order valence-corrected chi connectivity index (χ1v) is 14.9. The minimum absolute atomic E-state index is 0.00461. The number of anilines is 1. The molecular formula is C28H28Cl2N4O6S. The number of nitrogens with one attached hydrogen (secondary N) is 2. The molecule has 13 heteroatoms. The third-order valence-electron chi connectivity index (χ3n) is 5.96. The molecular weight excluding hydrogens is 591 g/mol. The molecule has 0 spiro atoms. The summed E-state index contributed by atoms with van der Waals surface area (Å²) >= 11 is 12.2. The average molecular weight is 620 g/mol. The molecule has 0 unspecified atom stereocenters. The minimum Gasteiger partial charge on any atom is -0.484 e. The number of hydrazone groups is 1. The van der Waals surface area contributed by atoms with Gasteiger partial charge in [-0.2, -0.15) is 5.10 Å². The molecule has 1 saturated heterocycles. The van der Waals surface area contributed by atoms with Crippen LogP contribution in [0.25, 0.3) is 0 Å². The van der Waals surface area contributed by atoms with Gasteiger partial charge in [-0.05, 0) is 73.0 Å². The van der Waals surface area contributed by atoms with Crippen LogP contribution in [0.4, 0.5) is 5.69 Å². The number of halogens is 2. The number of nitrogens with zero attached hydrogens (tertiary/aromatic N) is 2. The molecule has 3 aromatic carbocycles. The van der Waals surface area contributed by atoms with Crippen LogP contribution in [0, 0.1) is 0 Å². The van der Waals surface area contributed by atoms with Crippen molar-refractivity contribution in [2.75, 3.05) is 30.6 Å². The summed E-state index contributed by atoms with van der Waals surface area (Å²) in [5, 5.41) is 7.14. The van der Waals surface area contributed by atoms with Gasteiger partial charge < -0.3 is 14.8 Å². The lowest BCUT2D eigenvalue weighted by Crippen LogP contribution is -2.39. The maximum absolute atomic E-state index is 13.4. The zero-order valence-electron chi connectivity index (χ0n) is 21.8. The highest BCUT2D eigenvalue weighted by Crippen LogP contribution is 2.29. The molecule has 0 bridgehead atoms. The smallest absolute Gasteiger partial charge is 0.264 e. The van der Waals surface area contributed by atoms with Gasteiger partial charge in [0.05, 0.1) is 22.9 Å². The van der Waals surface area contributed by atoms with Gasteiger partial charge in [0.15, 0.2) is 6.61 Å². The van der Waals surface area contributed by atoms with Gasteiger partial charge in [-0.1, -0.05) is 41.4 Å². The standard InChI is InChI=1S/C28H28Cl2N4O6S/c29-21-13-22(30)15-23(14-21)34(41(37,38)26-6-2-1-3-7-26)18-27(35)33-32-16-20-8-10-24(11-9-20)40-19-28(36)31-17-25-5-4-12-39-25/h1-3,6-11,13-16,25H,4-5,12,17-19H2,(H,31,36)(H,33,35)/b32-16-/t25-/m0/s1. The molecule has 0 aromatic heterocycles. The number of carbonyl (C=O) groups excluding carboxylic acids is 2. The van der Waals surface area contributed by atoms with E-state index in [1.807, 2.05) is 0 Å². The van der Waals surface area contributed by atoms with E-state index in [1.165, 1.54) is 36.5 Å². The molecule has 1 atom stereocenters. The molecule has 216 valence electrons. The number of hydrogen-bond acceptors (Lipinski definition) is 7. The van der Waals surface area contributed by atoms with Crippen LogP contribution >= 0.6 is 23.2 Å². The molecule has 2 amide bonds. The Bertz CT molecular complexity index is 1460. The molecule has 0 aliphatic carbocycles. The van der Waals surface area contributed by atoms with Gasteiger partial charge in [-0.3, -0.25) is 13.9 Å². The Balaban J connectivity index is 1.33. The van der Waals surface area contributed by atoms with Gasteiger partial charge in [-0.25, -0.2) is 13.8 Å². The van der Waals surface area contributed by atoms with Crippen LogP contribution in [0.5, 0.6) is 5.75 Å². The van der Waals surface area contributed by atoms with Crippen molar-refractivity contribution in [2.24, 2.45) is 5.10 Å². The first kappa shape index (κ1) is 30.3. The molecule has 1 heterocycles. The van der Waals surface area contributed by atoms with E-state index in [0.29, 0.717) is 17.9 Å². The Kier molecular flexibility index (Phi) is 10.6. The molecule has 2 N–H and O–H groups in total. The molecule has 0 saturated carbocycles. The van der Waals surface area contributed by atoms with E-state index in [9.17, 15) is 18.0 Å². The Hall–Kier alpha value is -3.64. The lowest BCUT2D eigenvalue weighted by atomic mass is 10.2. The van der Waals surface area contributed by atoms with Crippen LogP contribution in [-0.4, -0.2) is 58.9 Å². The molecule has 3 aromatic rings. The highest BCUT2D eigenvalue weighted by Gasteiger charge is 2.27. The predicted molar refractivity (Wildman–Crippen MR) is 157 cm³/mol. The summed E-state index contributed by atoms with van der Waals surface area (Å²) in [6.45, 7) is 0.485. The highest BCUT2D eigenvalue weighted by molar-refractivity contribution is 7.92. The van der Waals surface area contributed by atoms with Gasteiger partial charge >= 0.3 is 0 Å². The van der Waals surface area contributed by atoms with Crippen molar-refractivity contribution in [2.45, 2.75) is 23.8 Å². The van der Waals surface area contributed by atoms with Crippen LogP contribution in [0.2, 0.25) is 10.0 Å². The first-order chi connectivity index (χ1) is 19.7. The van der Waals surface area contributed by atoms with E-state index in [2.05, 4.69) is 15.8 Å². The number of hydrogen-bond donors (Lipinski definition) is 2. The summed E-state index contributed by atoms with van der Waals surface area (Å²) in [5.41, 5.74) is 3.10. The zero-order valence-corrected chi connectivity index (χ0v) is 24.2. The maximum atomic E-state index is 13.4. The van der Waals surface area contributed by atoms with Crippen LogP contribution in [0.1, 0.15) is 18.4 Å². The molecule has 1 aliphatic heterocycles. The monoisotopic (exact) mass is 618 g/mol. The van der Waals surface area contributed by atoms with Crippen LogP contribution < -0.4 is 19.8 Å². The quantitative estimate of drug-likeness (QED) is 0.233. The first-order valence-electron chi connectivity index (χ1n) is 12.7. The summed E-state index contributed by atoms with van der Waals surface area (Å²) in [4.78, 5) is 24.7. The fourth-order valence-corrected chi connectivity index (χ4v) is 5.89. The topological polar surface area (TPSA) is 126 Å². The number of rotatable bonds is 12. The van der Waals surface area contributed by atoms with Crippen molar-refractivity contribution in [3.8, 4) is 5.75 Å². The Morgan fingerprint density at radius 3 is 2.39 bits per heavy atom. The second-order valence-electron chi connectivity index (χ2n) is 9.04. The maximum Gasteiger partial charge on any atom is 0.264 e. The Morgan fingerprint density at radius 2 is 1.73 bits per heavy atom. The second-order valence-corrected chi connectivity index (χ2v) is 11.8. The van der Waals surface area contributed by atoms with Gasteiger partial charge in [0.2, 0.25) is 0 Å². The molecule has 1 aliphatic rings. The van der Waals surface area contributed by atoms with Gasteiger partial charge in [-0.15, -0.1) is 0 Å². The van der Waals surface area contributed by atoms with Crippen LogP contribution in [0.3, 0.4) is 0 Å². The van der Waals surface area contributed by atoms with E-state index in [4.69, 9.17) is 32.7 Å². The number of sulfonamides is 1. The second kappa shape index (κ2) is 14.3. The predicted octanol–water partition coefficient (Wildman–Crippen LogP) is 4.01. The van der Waals surface area contributed by atoms with Crippen LogP contribution in [0.15, 0.2) is 82.8 Å². The van der Waals surface area contributed by atoms with Crippen LogP contribution in [-0.2, 0) is 24.3 Å². The fraction of sp³-hybridized carbons (Fsp3) is 0.250. The van der Waals surface area contributed by atoms with Gasteiger partial charge in [0, 0.05) is 23.2 Å².